The monoisotopic (exact) mass is 316 g/mol. The molecule has 1 atom stereocenters. The van der Waals surface area contributed by atoms with Crippen molar-refractivity contribution in [1.29, 1.82) is 0 Å². The van der Waals surface area contributed by atoms with Gasteiger partial charge in [-0.15, -0.1) is 0 Å². The van der Waals surface area contributed by atoms with E-state index < -0.39 is 0 Å². The van der Waals surface area contributed by atoms with E-state index in [1.807, 2.05) is 0 Å². The van der Waals surface area contributed by atoms with E-state index >= 15 is 0 Å². The van der Waals surface area contributed by atoms with Crippen LogP contribution in [0.2, 0.25) is 0 Å². The Balaban J connectivity index is 2.12. The quantitative estimate of drug-likeness (QED) is 0.625. The summed E-state index contributed by atoms with van der Waals surface area (Å²) in [5.41, 5.74) is 5.54. The predicted molar refractivity (Wildman–Crippen MR) is 87.1 cm³/mol. The lowest BCUT2D eigenvalue weighted by Crippen LogP contribution is -1.98. The molecule has 100 valence electrons. The highest BCUT2D eigenvalue weighted by atomic mass is 79.9. The van der Waals surface area contributed by atoms with Crippen LogP contribution in [0.25, 0.3) is 0 Å². The molecule has 0 saturated carbocycles. The van der Waals surface area contributed by atoms with Crippen LogP contribution in [0.15, 0.2) is 48.5 Å². The Bertz CT molecular complexity index is 526. The Kier molecular flexibility index (Phi) is 4.81. The van der Waals surface area contributed by atoms with Crippen LogP contribution in [-0.4, -0.2) is 0 Å². The van der Waals surface area contributed by atoms with Gasteiger partial charge in [0, 0.05) is 4.83 Å². The van der Waals surface area contributed by atoms with Crippen molar-refractivity contribution in [2.75, 3.05) is 0 Å². The topological polar surface area (TPSA) is 0 Å². The molecule has 0 radical (unpaired) electrons. The van der Waals surface area contributed by atoms with Crippen LogP contribution in [0.5, 0.6) is 0 Å². The Morgan fingerprint density at radius 2 is 1.47 bits per heavy atom. The maximum Gasteiger partial charge on any atom is 0.0435 e. The standard InChI is InChI=1S/C18H21Br/c1-13(2)15-8-10-16(11-9-15)18(19)12-17-7-5-4-6-14(17)3/h4-11,13,18H,12H2,1-3H3. The van der Waals surface area contributed by atoms with Gasteiger partial charge in [-0.2, -0.15) is 0 Å². The number of aryl methyl sites for hydroxylation is 1. The second-order valence-electron chi connectivity index (χ2n) is 5.42. The summed E-state index contributed by atoms with van der Waals surface area (Å²) in [5, 5.41) is 0. The largest absolute Gasteiger partial charge is 0.0835 e. The van der Waals surface area contributed by atoms with Gasteiger partial charge in [0.05, 0.1) is 0 Å². The van der Waals surface area contributed by atoms with Gasteiger partial charge in [-0.3, -0.25) is 0 Å². The van der Waals surface area contributed by atoms with Crippen molar-refractivity contribution >= 4 is 15.9 Å². The highest BCUT2D eigenvalue weighted by Gasteiger charge is 2.10. The van der Waals surface area contributed by atoms with E-state index in [9.17, 15) is 0 Å². The smallest absolute Gasteiger partial charge is 0.0435 e. The van der Waals surface area contributed by atoms with Gasteiger partial charge >= 0.3 is 0 Å². The summed E-state index contributed by atoms with van der Waals surface area (Å²) in [6.45, 7) is 6.64. The van der Waals surface area contributed by atoms with Gasteiger partial charge in [0.2, 0.25) is 0 Å². The zero-order valence-electron chi connectivity index (χ0n) is 11.9. The summed E-state index contributed by atoms with van der Waals surface area (Å²) in [6, 6.07) is 17.6. The molecule has 0 bridgehead atoms. The molecule has 19 heavy (non-hydrogen) atoms. The lowest BCUT2D eigenvalue weighted by molar-refractivity contribution is 0.862. The third-order valence-corrected chi connectivity index (χ3v) is 4.48. The molecule has 0 aliphatic rings. The Morgan fingerprint density at radius 1 is 0.895 bits per heavy atom. The summed E-state index contributed by atoms with van der Waals surface area (Å²) >= 11 is 3.82. The Morgan fingerprint density at radius 3 is 2.05 bits per heavy atom. The average molecular weight is 317 g/mol. The maximum absolute atomic E-state index is 3.82. The maximum atomic E-state index is 3.82. The molecule has 0 N–H and O–H groups in total. The fraction of sp³-hybridized carbons (Fsp3) is 0.333. The van der Waals surface area contributed by atoms with Crippen molar-refractivity contribution in [2.45, 2.75) is 37.9 Å². The first-order chi connectivity index (χ1) is 9.08. The predicted octanol–water partition coefficient (Wildman–Crippen LogP) is 5.80. The molecule has 0 spiro atoms. The van der Waals surface area contributed by atoms with Gasteiger partial charge in [-0.05, 0) is 41.5 Å². The molecule has 1 heteroatoms. The third kappa shape index (κ3) is 3.70. The minimum atomic E-state index is 0.384. The van der Waals surface area contributed by atoms with E-state index in [2.05, 4.69) is 85.2 Å². The third-order valence-electron chi connectivity index (χ3n) is 3.63. The molecule has 2 aromatic rings. The summed E-state index contributed by atoms with van der Waals surface area (Å²) in [7, 11) is 0. The second-order valence-corrected chi connectivity index (χ2v) is 6.52. The SMILES string of the molecule is Cc1ccccc1CC(Br)c1ccc(C(C)C)cc1. The van der Waals surface area contributed by atoms with Crippen molar-refractivity contribution in [3.63, 3.8) is 0 Å². The fourth-order valence-corrected chi connectivity index (χ4v) is 2.89. The van der Waals surface area contributed by atoms with Crippen LogP contribution in [0.3, 0.4) is 0 Å². The first kappa shape index (κ1) is 14.3. The zero-order valence-corrected chi connectivity index (χ0v) is 13.4. The van der Waals surface area contributed by atoms with Crippen LogP contribution in [-0.2, 0) is 6.42 Å². The van der Waals surface area contributed by atoms with Crippen molar-refractivity contribution < 1.29 is 0 Å². The lowest BCUT2D eigenvalue weighted by Gasteiger charge is -2.13. The van der Waals surface area contributed by atoms with Crippen LogP contribution >= 0.6 is 15.9 Å². The van der Waals surface area contributed by atoms with Gasteiger partial charge < -0.3 is 0 Å². The Labute approximate surface area is 125 Å². The van der Waals surface area contributed by atoms with E-state index in [4.69, 9.17) is 0 Å². The van der Waals surface area contributed by atoms with E-state index in [0.717, 1.165) is 6.42 Å². The molecule has 0 amide bonds. The molecular formula is C18H21Br. The van der Waals surface area contributed by atoms with Crippen molar-refractivity contribution in [3.05, 3.63) is 70.8 Å². The van der Waals surface area contributed by atoms with E-state index in [0.29, 0.717) is 10.7 Å². The van der Waals surface area contributed by atoms with Gasteiger partial charge in [0.1, 0.15) is 0 Å². The number of halogens is 1. The molecule has 0 aliphatic carbocycles. The first-order valence-electron chi connectivity index (χ1n) is 6.86. The van der Waals surface area contributed by atoms with Gasteiger partial charge in [-0.25, -0.2) is 0 Å². The molecule has 2 rings (SSSR count). The van der Waals surface area contributed by atoms with Crippen LogP contribution in [0.4, 0.5) is 0 Å². The molecule has 1 unspecified atom stereocenters. The van der Waals surface area contributed by atoms with Crippen molar-refractivity contribution in [2.24, 2.45) is 0 Å². The summed E-state index contributed by atoms with van der Waals surface area (Å²) < 4.78 is 0. The fourth-order valence-electron chi connectivity index (χ4n) is 2.24. The molecule has 0 heterocycles. The molecule has 0 saturated heterocycles. The molecule has 0 aliphatic heterocycles. The number of hydrogen-bond acceptors (Lipinski definition) is 0. The molecular weight excluding hydrogens is 296 g/mol. The minimum absolute atomic E-state index is 0.384. The van der Waals surface area contributed by atoms with Crippen molar-refractivity contribution in [3.8, 4) is 0 Å². The van der Waals surface area contributed by atoms with Crippen molar-refractivity contribution in [1.82, 2.24) is 0 Å². The van der Waals surface area contributed by atoms with Crippen LogP contribution in [0.1, 0.15) is 46.8 Å². The average Bonchev–Trinajstić information content (AvgIpc) is 2.41. The van der Waals surface area contributed by atoms with E-state index in [1.165, 1.54) is 22.3 Å². The summed E-state index contributed by atoms with van der Waals surface area (Å²) in [6.07, 6.45) is 1.04. The Hall–Kier alpha value is -1.08. The molecule has 0 aromatic heterocycles. The number of benzene rings is 2. The zero-order chi connectivity index (χ0) is 13.8. The molecule has 0 nitrogen and oxygen atoms in total. The lowest BCUT2D eigenvalue weighted by atomic mass is 9.97. The molecule has 0 fully saturated rings. The van der Waals surface area contributed by atoms with Crippen LogP contribution < -0.4 is 0 Å². The van der Waals surface area contributed by atoms with Gasteiger partial charge in [-0.1, -0.05) is 78.3 Å². The summed E-state index contributed by atoms with van der Waals surface area (Å²) in [4.78, 5) is 0.384. The highest BCUT2D eigenvalue weighted by molar-refractivity contribution is 9.09. The number of hydrogen-bond donors (Lipinski definition) is 0. The second kappa shape index (κ2) is 6.38. The van der Waals surface area contributed by atoms with E-state index in [-0.39, 0.29) is 0 Å². The van der Waals surface area contributed by atoms with E-state index in [1.54, 1.807) is 0 Å². The number of rotatable bonds is 4. The van der Waals surface area contributed by atoms with Gasteiger partial charge in [0.15, 0.2) is 0 Å². The highest BCUT2D eigenvalue weighted by Crippen LogP contribution is 2.29. The number of alkyl halides is 1. The van der Waals surface area contributed by atoms with Gasteiger partial charge in [0.25, 0.3) is 0 Å². The summed E-state index contributed by atoms with van der Waals surface area (Å²) in [5.74, 6) is 0.596. The first-order valence-corrected chi connectivity index (χ1v) is 7.78. The molecule has 2 aromatic carbocycles. The van der Waals surface area contributed by atoms with Crippen LogP contribution in [0, 0.1) is 6.92 Å². The minimum Gasteiger partial charge on any atom is -0.0835 e. The normalized spacial score (nSPS) is 12.7.